The van der Waals surface area contributed by atoms with Gasteiger partial charge in [0, 0.05) is 12.3 Å². The van der Waals surface area contributed by atoms with Gasteiger partial charge in [-0.25, -0.2) is 4.79 Å². The summed E-state index contributed by atoms with van der Waals surface area (Å²) in [6, 6.07) is 5.80. The zero-order valence-electron chi connectivity index (χ0n) is 18.2. The second-order valence-electron chi connectivity index (χ2n) is 8.19. The molecule has 30 heavy (non-hydrogen) atoms. The largest absolute Gasteiger partial charge is 0.459 e. The highest BCUT2D eigenvalue weighted by molar-refractivity contribution is 5.93. The van der Waals surface area contributed by atoms with Gasteiger partial charge < -0.3 is 14.2 Å². The molecule has 1 aromatic carbocycles. The standard InChI is InChI=1S/C23H30O4.CO2/c1-15-12-13-19-18(14-15)10-7-11-20-21(27-23(4,5)26-20)16(2)8-6-9-17(3)25-22(19)24;2-1-3/h6-8,10,12-14,16-17,20-21H,9,11H2,1-5H3;/b8-6-,10-7+;/t16?,17-,20-,21+;/m0./s1. The molecule has 0 amide bonds. The topological polar surface area (TPSA) is 78.9 Å². The monoisotopic (exact) mass is 414 g/mol. The van der Waals surface area contributed by atoms with Crippen LogP contribution in [0.25, 0.3) is 6.08 Å². The zero-order chi connectivity index (χ0) is 22.3. The Morgan fingerprint density at radius 2 is 1.77 bits per heavy atom. The van der Waals surface area contributed by atoms with Gasteiger partial charge in [-0.3, -0.25) is 0 Å². The molecule has 0 aromatic heterocycles. The molecular weight excluding hydrogens is 384 g/mol. The normalized spacial score (nSPS) is 30.2. The summed E-state index contributed by atoms with van der Waals surface area (Å²) in [5, 5.41) is 0. The van der Waals surface area contributed by atoms with Gasteiger partial charge in [0.2, 0.25) is 0 Å². The van der Waals surface area contributed by atoms with E-state index in [0.29, 0.717) is 12.0 Å². The summed E-state index contributed by atoms with van der Waals surface area (Å²) >= 11 is 0. The smallest absolute Gasteiger partial charge is 0.373 e. The number of cyclic esters (lactones) is 1. The summed E-state index contributed by atoms with van der Waals surface area (Å²) in [5.41, 5.74) is 2.58. The van der Waals surface area contributed by atoms with E-state index >= 15 is 0 Å². The molecular formula is C24H30O6. The Kier molecular flexibility index (Phi) is 8.30. The van der Waals surface area contributed by atoms with Crippen LogP contribution in [0.4, 0.5) is 0 Å². The fraction of sp³-hybridized carbons (Fsp3) is 0.500. The van der Waals surface area contributed by atoms with Crippen molar-refractivity contribution in [2.45, 2.75) is 71.6 Å². The summed E-state index contributed by atoms with van der Waals surface area (Å²) < 4.78 is 17.9. The number of hydrogen-bond donors (Lipinski definition) is 0. The van der Waals surface area contributed by atoms with Crippen molar-refractivity contribution in [1.82, 2.24) is 0 Å². The number of carbonyl (C=O) groups is 1. The Labute approximate surface area is 177 Å². The molecule has 3 rings (SSSR count). The zero-order valence-corrected chi connectivity index (χ0v) is 18.2. The molecule has 162 valence electrons. The molecule has 1 unspecified atom stereocenters. The Balaban J connectivity index is 0.00000101. The lowest BCUT2D eigenvalue weighted by Gasteiger charge is -2.21. The maximum atomic E-state index is 12.6. The van der Waals surface area contributed by atoms with Gasteiger partial charge in [-0.1, -0.05) is 48.9 Å². The van der Waals surface area contributed by atoms with Crippen LogP contribution in [0.3, 0.4) is 0 Å². The number of aryl methyl sites for hydroxylation is 1. The number of ether oxygens (including phenoxy) is 3. The Bertz CT molecular complexity index is 832. The van der Waals surface area contributed by atoms with E-state index in [2.05, 4.69) is 25.2 Å². The highest BCUT2D eigenvalue weighted by Crippen LogP contribution is 2.35. The third-order valence-electron chi connectivity index (χ3n) is 5.05. The van der Waals surface area contributed by atoms with E-state index in [-0.39, 0.29) is 36.4 Å². The Morgan fingerprint density at radius 1 is 1.07 bits per heavy atom. The number of hydrogen-bond acceptors (Lipinski definition) is 6. The van der Waals surface area contributed by atoms with Gasteiger partial charge in [-0.05, 0) is 45.7 Å². The maximum absolute atomic E-state index is 12.6. The SMILES string of the molecule is Cc1ccc2c(c1)/C=C/C[C@@H]1OC(C)(C)O[C@@H]1C(C)/C=C\C[C@H](C)OC2=O.O=C=O. The number of fused-ring (bicyclic) bond motifs is 2. The van der Waals surface area contributed by atoms with Gasteiger partial charge in [-0.15, -0.1) is 0 Å². The lowest BCUT2D eigenvalue weighted by atomic mass is 9.96. The van der Waals surface area contributed by atoms with Crippen molar-refractivity contribution in [3.8, 4) is 0 Å². The second-order valence-corrected chi connectivity index (χ2v) is 8.19. The molecule has 2 aliphatic heterocycles. The summed E-state index contributed by atoms with van der Waals surface area (Å²) in [7, 11) is 0. The quantitative estimate of drug-likeness (QED) is 0.460. The van der Waals surface area contributed by atoms with Gasteiger partial charge >= 0.3 is 12.1 Å². The first kappa shape index (κ1) is 23.7. The van der Waals surface area contributed by atoms with Crippen LogP contribution in [-0.4, -0.2) is 36.2 Å². The third-order valence-corrected chi connectivity index (χ3v) is 5.05. The van der Waals surface area contributed by atoms with E-state index < -0.39 is 5.79 Å². The first-order valence-electron chi connectivity index (χ1n) is 10.2. The van der Waals surface area contributed by atoms with Gasteiger partial charge in [0.05, 0.1) is 17.8 Å². The van der Waals surface area contributed by atoms with Gasteiger partial charge in [-0.2, -0.15) is 9.59 Å². The number of rotatable bonds is 0. The van der Waals surface area contributed by atoms with Crippen LogP contribution in [0.1, 0.15) is 62.0 Å². The van der Waals surface area contributed by atoms with Gasteiger partial charge in [0.25, 0.3) is 0 Å². The number of esters is 1. The minimum atomic E-state index is -0.583. The molecule has 0 aliphatic carbocycles. The van der Waals surface area contributed by atoms with Crippen LogP contribution in [-0.2, 0) is 23.8 Å². The average Bonchev–Trinajstić information content (AvgIpc) is 2.96. The van der Waals surface area contributed by atoms with E-state index in [1.54, 1.807) is 0 Å². The van der Waals surface area contributed by atoms with Crippen molar-refractivity contribution in [2.24, 2.45) is 5.92 Å². The summed E-state index contributed by atoms with van der Waals surface area (Å²) in [6.07, 6.45) is 9.72. The van der Waals surface area contributed by atoms with Crippen molar-refractivity contribution in [2.75, 3.05) is 0 Å². The van der Waals surface area contributed by atoms with Crippen LogP contribution in [0.2, 0.25) is 0 Å². The van der Waals surface area contributed by atoms with Crippen molar-refractivity contribution in [3.05, 3.63) is 53.1 Å². The molecule has 2 aliphatic rings. The lowest BCUT2D eigenvalue weighted by molar-refractivity contribution is -0.191. The highest BCUT2D eigenvalue weighted by Gasteiger charge is 2.42. The van der Waals surface area contributed by atoms with Crippen molar-refractivity contribution in [3.63, 3.8) is 0 Å². The molecule has 2 heterocycles. The van der Waals surface area contributed by atoms with Crippen LogP contribution in [0, 0.1) is 12.8 Å². The van der Waals surface area contributed by atoms with E-state index in [1.165, 1.54) is 0 Å². The molecule has 1 aromatic rings. The predicted molar refractivity (Wildman–Crippen MR) is 111 cm³/mol. The van der Waals surface area contributed by atoms with Crippen LogP contribution >= 0.6 is 0 Å². The van der Waals surface area contributed by atoms with E-state index in [0.717, 1.165) is 17.5 Å². The molecule has 0 spiro atoms. The molecule has 0 N–H and O–H groups in total. The molecule has 1 saturated heterocycles. The fourth-order valence-electron chi connectivity index (χ4n) is 3.71. The lowest BCUT2D eigenvalue weighted by Crippen LogP contribution is -2.28. The Hall–Kier alpha value is -2.53. The molecule has 1 fully saturated rings. The predicted octanol–water partition coefficient (Wildman–Crippen LogP) is 4.48. The van der Waals surface area contributed by atoms with E-state index in [1.807, 2.05) is 52.0 Å². The van der Waals surface area contributed by atoms with Crippen molar-refractivity contribution >= 4 is 18.2 Å². The van der Waals surface area contributed by atoms with Crippen LogP contribution in [0.15, 0.2) is 36.4 Å². The van der Waals surface area contributed by atoms with Crippen LogP contribution in [0.5, 0.6) is 0 Å². The summed E-state index contributed by atoms with van der Waals surface area (Å²) in [5.74, 6) is -0.647. The molecule has 0 radical (unpaired) electrons. The minimum Gasteiger partial charge on any atom is -0.459 e. The molecule has 6 heteroatoms. The molecule has 4 atom stereocenters. The highest BCUT2D eigenvalue weighted by atomic mass is 16.8. The van der Waals surface area contributed by atoms with E-state index in [4.69, 9.17) is 23.8 Å². The first-order chi connectivity index (χ1) is 14.2. The number of benzene rings is 1. The van der Waals surface area contributed by atoms with Gasteiger partial charge in [0.1, 0.15) is 6.10 Å². The molecule has 0 bridgehead atoms. The molecule has 6 nitrogen and oxygen atoms in total. The van der Waals surface area contributed by atoms with Gasteiger partial charge in [0.15, 0.2) is 5.79 Å². The number of carbonyl (C=O) groups excluding carboxylic acids is 3. The Morgan fingerprint density at radius 3 is 2.47 bits per heavy atom. The minimum absolute atomic E-state index is 0.00123. The van der Waals surface area contributed by atoms with Crippen LogP contribution < -0.4 is 0 Å². The van der Waals surface area contributed by atoms with Crippen molar-refractivity contribution in [1.29, 1.82) is 0 Å². The third kappa shape index (κ3) is 6.49. The van der Waals surface area contributed by atoms with Crippen molar-refractivity contribution < 1.29 is 28.6 Å². The average molecular weight is 414 g/mol. The summed E-state index contributed by atoms with van der Waals surface area (Å²) in [6.45, 7) is 10.0. The van der Waals surface area contributed by atoms with E-state index in [9.17, 15) is 4.79 Å². The maximum Gasteiger partial charge on any atom is 0.373 e. The summed E-state index contributed by atoms with van der Waals surface area (Å²) in [4.78, 5) is 28.9. The molecule has 0 saturated carbocycles. The second kappa shape index (κ2) is 10.5. The first-order valence-corrected chi connectivity index (χ1v) is 10.2. The fourth-order valence-corrected chi connectivity index (χ4v) is 3.71.